The third-order valence-electron chi connectivity index (χ3n) is 6.13. The van der Waals surface area contributed by atoms with Gasteiger partial charge in [0.2, 0.25) is 6.79 Å². The predicted molar refractivity (Wildman–Crippen MR) is 133 cm³/mol. The van der Waals surface area contributed by atoms with Crippen LogP contribution in [0.2, 0.25) is 0 Å². The molecule has 1 atom stereocenters. The van der Waals surface area contributed by atoms with Gasteiger partial charge in [-0.25, -0.2) is 4.79 Å². The highest BCUT2D eigenvalue weighted by Crippen LogP contribution is 2.46. The summed E-state index contributed by atoms with van der Waals surface area (Å²) in [5.74, 6) is -0.644. The summed E-state index contributed by atoms with van der Waals surface area (Å²) >= 11 is 1.10. The molecule has 1 aromatic heterocycles. The number of nitrogens with zero attached hydrogens (tertiary/aromatic N) is 2. The number of benzene rings is 3. The van der Waals surface area contributed by atoms with E-state index >= 15 is 0 Å². The molecule has 4 aromatic rings. The van der Waals surface area contributed by atoms with Crippen LogP contribution in [0.1, 0.15) is 30.5 Å². The highest BCUT2D eigenvalue weighted by molar-refractivity contribution is 7.00. The van der Waals surface area contributed by atoms with Crippen LogP contribution < -0.4 is 14.2 Å². The van der Waals surface area contributed by atoms with Crippen molar-refractivity contribution in [3.05, 3.63) is 82.9 Å². The van der Waals surface area contributed by atoms with E-state index < -0.39 is 11.8 Å². The monoisotopic (exact) mass is 502 g/mol. The van der Waals surface area contributed by atoms with Gasteiger partial charge >= 0.3 is 5.97 Å². The van der Waals surface area contributed by atoms with Crippen LogP contribution in [0.25, 0.3) is 16.6 Å². The predicted octanol–water partition coefficient (Wildman–Crippen LogP) is 4.61. The molecule has 0 radical (unpaired) electrons. The van der Waals surface area contributed by atoms with E-state index in [1.807, 2.05) is 38.1 Å². The first-order valence-electron chi connectivity index (χ1n) is 11.5. The first-order chi connectivity index (χ1) is 17.4. The number of carbonyl (C=O) groups excluding carboxylic acids is 1. The minimum atomic E-state index is -1.96. The van der Waals surface area contributed by atoms with Crippen molar-refractivity contribution in [1.82, 2.24) is 8.75 Å². The second-order valence-corrected chi connectivity index (χ2v) is 9.44. The van der Waals surface area contributed by atoms with E-state index in [0.29, 0.717) is 45.0 Å². The van der Waals surface area contributed by atoms with Crippen LogP contribution in [0.3, 0.4) is 0 Å². The number of esters is 1. The lowest BCUT2D eigenvalue weighted by molar-refractivity contribution is -0.185. The number of hydrogen-bond donors (Lipinski definition) is 1. The summed E-state index contributed by atoms with van der Waals surface area (Å²) in [5, 5.41) is 11.9. The Morgan fingerprint density at radius 1 is 1.00 bits per heavy atom. The number of ether oxygens (including phenoxy) is 4. The highest BCUT2D eigenvalue weighted by Gasteiger charge is 2.48. The van der Waals surface area contributed by atoms with Crippen LogP contribution in [-0.2, 0) is 21.7 Å². The summed E-state index contributed by atoms with van der Waals surface area (Å²) in [6.45, 7) is 4.03. The molecule has 2 aliphatic heterocycles. The van der Waals surface area contributed by atoms with Gasteiger partial charge in [0.25, 0.3) is 5.79 Å². The number of hydrogen-bond acceptors (Lipinski definition) is 9. The van der Waals surface area contributed by atoms with Crippen LogP contribution in [-0.4, -0.2) is 32.7 Å². The summed E-state index contributed by atoms with van der Waals surface area (Å²) < 4.78 is 30.9. The number of cyclic esters (lactones) is 1. The Labute approximate surface area is 211 Å². The maximum absolute atomic E-state index is 13.3. The quantitative estimate of drug-likeness (QED) is 0.382. The topological polar surface area (TPSA) is 100 Å². The summed E-state index contributed by atoms with van der Waals surface area (Å²) in [6.07, 6.45) is 0.248. The molecule has 1 N–H and O–H groups in total. The van der Waals surface area contributed by atoms with Gasteiger partial charge in [0.05, 0.1) is 23.4 Å². The molecule has 2 aliphatic rings. The Hall–Kier alpha value is -3.95. The standard InChI is InChI=1S/C27H22N2O6S/c1-15(2)34-19-7-5-18(6-8-19)27(31)20(11-16-3-10-23-24(12-16)33-14-32-23)25(26(30)35-27)17-4-9-21-22(13-17)29-36-28-21/h3-10,12-13,15,31H,11,14H2,1-2H3. The highest BCUT2D eigenvalue weighted by atomic mass is 32.1. The first-order valence-corrected chi connectivity index (χ1v) is 12.2. The van der Waals surface area contributed by atoms with Gasteiger partial charge in [-0.15, -0.1) is 0 Å². The van der Waals surface area contributed by atoms with E-state index in [2.05, 4.69) is 8.75 Å². The number of aromatic nitrogens is 2. The van der Waals surface area contributed by atoms with E-state index in [-0.39, 0.29) is 19.3 Å². The molecule has 0 bridgehead atoms. The molecule has 0 saturated heterocycles. The smallest absolute Gasteiger partial charge is 0.342 e. The normalized spacial score (nSPS) is 18.8. The summed E-state index contributed by atoms with van der Waals surface area (Å²) in [4.78, 5) is 13.3. The molecule has 6 rings (SSSR count). The van der Waals surface area contributed by atoms with Crippen molar-refractivity contribution in [2.75, 3.05) is 6.79 Å². The van der Waals surface area contributed by atoms with Gasteiger partial charge in [-0.05, 0) is 73.5 Å². The van der Waals surface area contributed by atoms with Gasteiger partial charge in [0.1, 0.15) is 16.8 Å². The molecule has 8 nitrogen and oxygen atoms in total. The Bertz CT molecular complexity index is 1510. The minimum Gasteiger partial charge on any atom is -0.491 e. The van der Waals surface area contributed by atoms with Crippen LogP contribution in [0, 0.1) is 0 Å². The maximum Gasteiger partial charge on any atom is 0.342 e. The van der Waals surface area contributed by atoms with Gasteiger partial charge in [-0.2, -0.15) is 8.75 Å². The number of aliphatic hydroxyl groups is 1. The molecule has 3 aromatic carbocycles. The Morgan fingerprint density at radius 2 is 1.78 bits per heavy atom. The summed E-state index contributed by atoms with van der Waals surface area (Å²) in [5.41, 5.74) is 3.99. The van der Waals surface area contributed by atoms with Gasteiger partial charge < -0.3 is 24.1 Å². The molecule has 1 unspecified atom stereocenters. The second kappa shape index (κ2) is 8.61. The van der Waals surface area contributed by atoms with Gasteiger partial charge in [0, 0.05) is 17.6 Å². The van der Waals surface area contributed by atoms with E-state index in [1.165, 1.54) is 0 Å². The lowest BCUT2D eigenvalue weighted by Gasteiger charge is -2.26. The molecule has 0 amide bonds. The molecule has 0 fully saturated rings. The molecular formula is C27H22N2O6S. The van der Waals surface area contributed by atoms with E-state index in [4.69, 9.17) is 18.9 Å². The van der Waals surface area contributed by atoms with Crippen LogP contribution in [0.15, 0.2) is 66.2 Å². The molecule has 3 heterocycles. The van der Waals surface area contributed by atoms with Crippen molar-refractivity contribution in [1.29, 1.82) is 0 Å². The largest absolute Gasteiger partial charge is 0.491 e. The fourth-order valence-corrected chi connectivity index (χ4v) is 5.01. The van der Waals surface area contributed by atoms with E-state index in [0.717, 1.165) is 22.8 Å². The van der Waals surface area contributed by atoms with Gasteiger partial charge in [-0.1, -0.05) is 12.1 Å². The van der Waals surface area contributed by atoms with Crippen molar-refractivity contribution < 1.29 is 28.8 Å². The van der Waals surface area contributed by atoms with Gasteiger partial charge in [-0.3, -0.25) is 0 Å². The lowest BCUT2D eigenvalue weighted by atomic mass is 9.88. The van der Waals surface area contributed by atoms with Crippen molar-refractivity contribution >= 4 is 34.3 Å². The average molecular weight is 503 g/mol. The first kappa shape index (κ1) is 22.5. The number of fused-ring (bicyclic) bond motifs is 2. The average Bonchev–Trinajstić information content (AvgIpc) is 3.57. The fraction of sp³-hybridized carbons (Fsp3) is 0.222. The third kappa shape index (κ3) is 3.86. The molecule has 0 aliphatic carbocycles. The summed E-state index contributed by atoms with van der Waals surface area (Å²) in [6, 6.07) is 17.9. The van der Waals surface area contributed by atoms with Crippen LogP contribution in [0.4, 0.5) is 0 Å². The Morgan fingerprint density at radius 3 is 2.58 bits per heavy atom. The zero-order valence-electron chi connectivity index (χ0n) is 19.6. The Balaban J connectivity index is 1.48. The second-order valence-electron chi connectivity index (χ2n) is 8.91. The molecule has 182 valence electrons. The number of carbonyl (C=O) groups is 1. The zero-order valence-corrected chi connectivity index (χ0v) is 20.4. The molecule has 0 spiro atoms. The van der Waals surface area contributed by atoms with Crippen molar-refractivity contribution in [2.45, 2.75) is 32.2 Å². The van der Waals surface area contributed by atoms with Crippen molar-refractivity contribution in [3.8, 4) is 17.2 Å². The molecule has 9 heteroatoms. The summed E-state index contributed by atoms with van der Waals surface area (Å²) in [7, 11) is 0. The molecular weight excluding hydrogens is 480 g/mol. The van der Waals surface area contributed by atoms with Gasteiger partial charge in [0.15, 0.2) is 11.5 Å². The maximum atomic E-state index is 13.3. The minimum absolute atomic E-state index is 0.00596. The molecule has 0 saturated carbocycles. The van der Waals surface area contributed by atoms with Crippen molar-refractivity contribution in [3.63, 3.8) is 0 Å². The fourth-order valence-electron chi connectivity index (χ4n) is 4.50. The van der Waals surface area contributed by atoms with Crippen LogP contribution >= 0.6 is 11.7 Å². The van der Waals surface area contributed by atoms with Crippen molar-refractivity contribution in [2.24, 2.45) is 0 Å². The third-order valence-corrected chi connectivity index (χ3v) is 6.69. The lowest BCUT2D eigenvalue weighted by Crippen LogP contribution is -2.29. The van der Waals surface area contributed by atoms with E-state index in [1.54, 1.807) is 36.4 Å². The zero-order chi connectivity index (χ0) is 24.9. The van der Waals surface area contributed by atoms with Crippen LogP contribution in [0.5, 0.6) is 17.2 Å². The SMILES string of the molecule is CC(C)Oc1ccc(C2(O)OC(=O)C(c3ccc4nsnc4c3)=C2Cc2ccc3c(c2)OCO3)cc1. The van der Waals surface area contributed by atoms with E-state index in [9.17, 15) is 9.90 Å². The molecule has 36 heavy (non-hydrogen) atoms. The Kier molecular flexibility index (Phi) is 5.39. The number of rotatable bonds is 6.